The first-order valence-corrected chi connectivity index (χ1v) is 6.78. The van der Waals surface area contributed by atoms with Crippen LogP contribution in [0, 0.1) is 17.7 Å². The third kappa shape index (κ3) is 5.38. The van der Waals surface area contributed by atoms with Gasteiger partial charge in [-0.15, -0.1) is 0 Å². The number of carbonyl (C=O) groups excluding carboxylic acids is 1. The summed E-state index contributed by atoms with van der Waals surface area (Å²) >= 11 is 0. The van der Waals surface area contributed by atoms with Gasteiger partial charge in [0.25, 0.3) is 0 Å². The van der Waals surface area contributed by atoms with Gasteiger partial charge >= 0.3 is 5.97 Å². The zero-order valence-electron chi connectivity index (χ0n) is 12.4. The van der Waals surface area contributed by atoms with Crippen molar-refractivity contribution in [2.24, 2.45) is 11.8 Å². The Kier molecular flexibility index (Phi) is 6.09. The van der Waals surface area contributed by atoms with Gasteiger partial charge in [-0.25, -0.2) is 9.18 Å². The maximum atomic E-state index is 13.7. The van der Waals surface area contributed by atoms with Gasteiger partial charge in [-0.3, -0.25) is 4.79 Å². The molecule has 0 aliphatic carbocycles. The molecule has 1 aromatic rings. The molecule has 114 valence electrons. The van der Waals surface area contributed by atoms with Crippen molar-refractivity contribution in [3.63, 3.8) is 0 Å². The van der Waals surface area contributed by atoms with Crippen LogP contribution in [0.1, 0.15) is 31.9 Å². The van der Waals surface area contributed by atoms with Gasteiger partial charge in [0.05, 0.1) is 0 Å². The summed E-state index contributed by atoms with van der Waals surface area (Å²) in [7, 11) is 0. The van der Waals surface area contributed by atoms with E-state index >= 15 is 0 Å². The van der Waals surface area contributed by atoms with Crippen molar-refractivity contribution in [3.05, 3.63) is 41.2 Å². The summed E-state index contributed by atoms with van der Waals surface area (Å²) in [6.45, 7) is 5.79. The van der Waals surface area contributed by atoms with E-state index in [2.05, 4.69) is 5.32 Å². The number of amides is 1. The first kappa shape index (κ1) is 16.9. The number of carboxylic acids is 1. The molecule has 5 heteroatoms. The van der Waals surface area contributed by atoms with E-state index in [-0.39, 0.29) is 24.3 Å². The molecule has 0 saturated carbocycles. The van der Waals surface area contributed by atoms with Crippen molar-refractivity contribution in [1.82, 2.24) is 5.32 Å². The highest BCUT2D eigenvalue weighted by Crippen LogP contribution is 2.13. The van der Waals surface area contributed by atoms with Crippen LogP contribution in [0.15, 0.2) is 24.3 Å². The van der Waals surface area contributed by atoms with Crippen molar-refractivity contribution in [3.8, 4) is 0 Å². The van der Waals surface area contributed by atoms with E-state index in [9.17, 15) is 14.0 Å². The number of nitrogens with one attached hydrogen (secondary N) is 1. The van der Waals surface area contributed by atoms with Crippen molar-refractivity contribution < 1.29 is 19.1 Å². The Morgan fingerprint density at radius 3 is 2.57 bits per heavy atom. The fourth-order valence-electron chi connectivity index (χ4n) is 1.65. The number of hydrogen-bond donors (Lipinski definition) is 2. The van der Waals surface area contributed by atoms with Crippen LogP contribution < -0.4 is 5.32 Å². The molecule has 1 aromatic carbocycles. The summed E-state index contributed by atoms with van der Waals surface area (Å²) in [5.74, 6) is -1.57. The first-order valence-electron chi connectivity index (χ1n) is 6.78. The Balaban J connectivity index is 2.77. The number of halogens is 1. The second kappa shape index (κ2) is 7.57. The number of carboxylic acid groups (broad SMARTS) is 1. The topological polar surface area (TPSA) is 66.4 Å². The van der Waals surface area contributed by atoms with E-state index in [1.165, 1.54) is 24.3 Å². The smallest absolute Gasteiger partial charge is 0.328 e. The van der Waals surface area contributed by atoms with Gasteiger partial charge in [-0.1, -0.05) is 26.8 Å². The van der Waals surface area contributed by atoms with Crippen LogP contribution in [-0.2, 0) is 16.1 Å². The summed E-state index contributed by atoms with van der Waals surface area (Å²) in [4.78, 5) is 22.3. The average molecular weight is 293 g/mol. The normalized spacial score (nSPS) is 12.6. The predicted molar refractivity (Wildman–Crippen MR) is 78.9 cm³/mol. The summed E-state index contributed by atoms with van der Waals surface area (Å²) in [6, 6.07) is 4.26. The lowest BCUT2D eigenvalue weighted by Gasteiger charge is -2.15. The van der Waals surface area contributed by atoms with Gasteiger partial charge in [0, 0.05) is 24.1 Å². The quantitative estimate of drug-likeness (QED) is 0.793. The van der Waals surface area contributed by atoms with E-state index in [4.69, 9.17) is 5.11 Å². The number of rotatable bonds is 6. The molecule has 4 nitrogen and oxygen atoms in total. The summed E-state index contributed by atoms with van der Waals surface area (Å²) < 4.78 is 13.7. The lowest BCUT2D eigenvalue weighted by molar-refractivity contribution is -0.131. The molecule has 0 spiro atoms. The Morgan fingerprint density at radius 1 is 1.33 bits per heavy atom. The van der Waals surface area contributed by atoms with Crippen molar-refractivity contribution >= 4 is 18.0 Å². The Labute approximate surface area is 123 Å². The SMILES string of the molecule is CC(C)C(C)C(=O)NCc1cc(C=CC(=O)O)ccc1F. The molecule has 0 saturated heterocycles. The fraction of sp³-hybridized carbons (Fsp3) is 0.375. The molecule has 0 bridgehead atoms. The number of hydrogen-bond acceptors (Lipinski definition) is 2. The summed E-state index contributed by atoms with van der Waals surface area (Å²) in [6.07, 6.45) is 2.36. The van der Waals surface area contributed by atoms with Gasteiger partial charge in [-0.2, -0.15) is 0 Å². The van der Waals surface area contributed by atoms with Crippen LogP contribution in [0.4, 0.5) is 4.39 Å². The van der Waals surface area contributed by atoms with E-state index in [1.807, 2.05) is 20.8 Å². The fourth-order valence-corrected chi connectivity index (χ4v) is 1.65. The highest BCUT2D eigenvalue weighted by molar-refractivity contribution is 5.85. The number of carbonyl (C=O) groups is 2. The van der Waals surface area contributed by atoms with Crippen LogP contribution in [-0.4, -0.2) is 17.0 Å². The van der Waals surface area contributed by atoms with Crippen LogP contribution in [0.3, 0.4) is 0 Å². The van der Waals surface area contributed by atoms with Gasteiger partial charge in [0.1, 0.15) is 5.82 Å². The third-order valence-corrected chi connectivity index (χ3v) is 3.35. The zero-order valence-corrected chi connectivity index (χ0v) is 12.4. The molecule has 0 aliphatic rings. The van der Waals surface area contributed by atoms with Gasteiger partial charge < -0.3 is 10.4 Å². The molecule has 0 radical (unpaired) electrons. The monoisotopic (exact) mass is 293 g/mol. The molecule has 0 aliphatic heterocycles. The van der Waals surface area contributed by atoms with E-state index in [1.54, 1.807) is 0 Å². The highest BCUT2D eigenvalue weighted by atomic mass is 19.1. The minimum Gasteiger partial charge on any atom is -0.478 e. The molecule has 1 rings (SSSR count). The van der Waals surface area contributed by atoms with Crippen LogP contribution in [0.2, 0.25) is 0 Å². The second-order valence-corrected chi connectivity index (χ2v) is 5.27. The molecule has 0 fully saturated rings. The van der Waals surface area contributed by atoms with Gasteiger partial charge in [0.15, 0.2) is 0 Å². The molecule has 1 amide bonds. The maximum Gasteiger partial charge on any atom is 0.328 e. The van der Waals surface area contributed by atoms with Crippen LogP contribution in [0.5, 0.6) is 0 Å². The standard InChI is InChI=1S/C16H20FNO3/c1-10(2)11(3)16(21)18-9-13-8-12(4-6-14(13)17)5-7-15(19)20/h4-8,10-11H,9H2,1-3H3,(H,18,21)(H,19,20). The molecule has 1 atom stereocenters. The summed E-state index contributed by atoms with van der Waals surface area (Å²) in [5.41, 5.74) is 0.895. The molecule has 1 unspecified atom stereocenters. The first-order chi connectivity index (χ1) is 9.81. The van der Waals surface area contributed by atoms with E-state index < -0.39 is 11.8 Å². The van der Waals surface area contributed by atoms with E-state index in [0.717, 1.165) is 6.08 Å². The van der Waals surface area contributed by atoms with Gasteiger partial charge in [-0.05, 0) is 29.7 Å². The minimum atomic E-state index is -1.07. The largest absolute Gasteiger partial charge is 0.478 e. The molecule has 2 N–H and O–H groups in total. The van der Waals surface area contributed by atoms with Crippen molar-refractivity contribution in [2.45, 2.75) is 27.3 Å². The van der Waals surface area contributed by atoms with E-state index in [0.29, 0.717) is 11.1 Å². The third-order valence-electron chi connectivity index (χ3n) is 3.35. The van der Waals surface area contributed by atoms with Gasteiger partial charge in [0.2, 0.25) is 5.91 Å². The van der Waals surface area contributed by atoms with Crippen LogP contribution in [0.25, 0.3) is 6.08 Å². The zero-order chi connectivity index (χ0) is 16.0. The molecular weight excluding hydrogens is 273 g/mol. The lowest BCUT2D eigenvalue weighted by Crippen LogP contribution is -2.31. The molecule has 21 heavy (non-hydrogen) atoms. The Morgan fingerprint density at radius 2 is 2.00 bits per heavy atom. The number of aliphatic carboxylic acids is 1. The molecule has 0 aromatic heterocycles. The van der Waals surface area contributed by atoms with Crippen molar-refractivity contribution in [2.75, 3.05) is 0 Å². The predicted octanol–water partition coefficient (Wildman–Crippen LogP) is 2.83. The minimum absolute atomic E-state index is 0.0798. The van der Waals surface area contributed by atoms with Crippen molar-refractivity contribution in [1.29, 1.82) is 0 Å². The Hall–Kier alpha value is -2.17. The van der Waals surface area contributed by atoms with Crippen LogP contribution >= 0.6 is 0 Å². The maximum absolute atomic E-state index is 13.7. The summed E-state index contributed by atoms with van der Waals surface area (Å²) in [5, 5.41) is 11.3. The highest BCUT2D eigenvalue weighted by Gasteiger charge is 2.16. The average Bonchev–Trinajstić information content (AvgIpc) is 2.43. The lowest BCUT2D eigenvalue weighted by atomic mass is 9.97. The molecular formula is C16H20FNO3. The molecule has 0 heterocycles. The Bertz CT molecular complexity index is 552. The number of benzene rings is 1. The second-order valence-electron chi connectivity index (χ2n) is 5.27.